The molecule has 2 heterocycles. The van der Waals surface area contributed by atoms with Crippen molar-refractivity contribution in [2.24, 2.45) is 11.7 Å². The van der Waals surface area contributed by atoms with Crippen LogP contribution < -0.4 is 11.3 Å². The van der Waals surface area contributed by atoms with E-state index >= 15 is 0 Å². The zero-order valence-electron chi connectivity index (χ0n) is 14.6. The molecule has 1 aliphatic rings. The molecule has 1 unspecified atom stereocenters. The summed E-state index contributed by atoms with van der Waals surface area (Å²) in [5.41, 5.74) is 6.50. The van der Waals surface area contributed by atoms with Crippen LogP contribution in [0.1, 0.15) is 62.2 Å². The van der Waals surface area contributed by atoms with Gasteiger partial charge in [-0.05, 0) is 37.2 Å². The molecule has 0 saturated heterocycles. The molecule has 2 N–H and O–H groups in total. The monoisotopic (exact) mass is 347 g/mol. The first-order valence-electron chi connectivity index (χ1n) is 8.71. The van der Waals surface area contributed by atoms with Crippen LogP contribution in [0.15, 0.2) is 4.79 Å². The Bertz CT molecular complexity index is 835. The highest BCUT2D eigenvalue weighted by Gasteiger charge is 2.25. The summed E-state index contributed by atoms with van der Waals surface area (Å²) in [5.74, 6) is 1.32. The normalized spacial score (nSPS) is 17.4. The first kappa shape index (κ1) is 17.1. The zero-order valence-corrected chi connectivity index (χ0v) is 15.4. The highest BCUT2D eigenvalue weighted by atomic mass is 32.1. The van der Waals surface area contributed by atoms with Crippen LogP contribution in [0.3, 0.4) is 0 Å². The van der Waals surface area contributed by atoms with E-state index in [-0.39, 0.29) is 17.4 Å². The van der Waals surface area contributed by atoms with Gasteiger partial charge in [0.05, 0.1) is 5.39 Å². The van der Waals surface area contributed by atoms with Gasteiger partial charge in [-0.3, -0.25) is 14.2 Å². The highest BCUT2D eigenvalue weighted by molar-refractivity contribution is 7.18. The lowest BCUT2D eigenvalue weighted by Gasteiger charge is -2.18. The number of aryl methyl sites for hydroxylation is 1. The van der Waals surface area contributed by atoms with Crippen LogP contribution in [0.5, 0.6) is 0 Å². The Morgan fingerprint density at radius 3 is 2.88 bits per heavy atom. The maximum absolute atomic E-state index is 13.2. The average molecular weight is 347 g/mol. The second-order valence-corrected chi connectivity index (χ2v) is 8.27. The first-order chi connectivity index (χ1) is 11.4. The van der Waals surface area contributed by atoms with E-state index in [1.807, 2.05) is 13.8 Å². The molecule has 0 radical (unpaired) electrons. The summed E-state index contributed by atoms with van der Waals surface area (Å²) in [7, 11) is 0. The van der Waals surface area contributed by atoms with Crippen molar-refractivity contribution < 1.29 is 4.79 Å². The number of hydrogen-bond acceptors (Lipinski definition) is 4. The van der Waals surface area contributed by atoms with Crippen molar-refractivity contribution in [2.75, 3.05) is 0 Å². The van der Waals surface area contributed by atoms with Crippen molar-refractivity contribution in [1.82, 2.24) is 9.55 Å². The standard InChI is InChI=1S/C18H25N3O2S/c1-10(2)16-20-17-15(12-7-6-11(3)9-13(12)24-17)18(23)21(16)8-4-5-14(19)22/h10-11H,4-9H2,1-3H3,(H2,19,22). The summed E-state index contributed by atoms with van der Waals surface area (Å²) in [4.78, 5) is 31.2. The van der Waals surface area contributed by atoms with Gasteiger partial charge in [0, 0.05) is 23.8 Å². The van der Waals surface area contributed by atoms with E-state index in [0.717, 1.165) is 35.3 Å². The molecule has 0 aliphatic heterocycles. The van der Waals surface area contributed by atoms with E-state index < -0.39 is 0 Å². The number of nitrogens with zero attached hydrogens (tertiary/aromatic N) is 2. The molecule has 5 nitrogen and oxygen atoms in total. The Kier molecular flexibility index (Phi) is 4.76. The number of rotatable bonds is 5. The second kappa shape index (κ2) is 6.67. The van der Waals surface area contributed by atoms with Crippen LogP contribution in [0.25, 0.3) is 10.2 Å². The molecule has 1 aliphatic carbocycles. The summed E-state index contributed by atoms with van der Waals surface area (Å²) in [6.07, 6.45) is 4.02. The molecule has 2 aromatic heterocycles. The van der Waals surface area contributed by atoms with Crippen LogP contribution in [0.4, 0.5) is 0 Å². The first-order valence-corrected chi connectivity index (χ1v) is 9.53. The highest BCUT2D eigenvalue weighted by Crippen LogP contribution is 2.36. The topological polar surface area (TPSA) is 78.0 Å². The maximum atomic E-state index is 13.2. The number of primary amides is 1. The maximum Gasteiger partial charge on any atom is 0.262 e. The van der Waals surface area contributed by atoms with E-state index in [0.29, 0.717) is 25.3 Å². The van der Waals surface area contributed by atoms with Gasteiger partial charge in [0.15, 0.2) is 0 Å². The van der Waals surface area contributed by atoms with E-state index in [2.05, 4.69) is 6.92 Å². The number of nitrogens with two attached hydrogens (primary N) is 1. The molecule has 0 spiro atoms. The minimum atomic E-state index is -0.329. The minimum Gasteiger partial charge on any atom is -0.370 e. The molecular formula is C18H25N3O2S. The fourth-order valence-corrected chi connectivity index (χ4v) is 4.89. The van der Waals surface area contributed by atoms with Gasteiger partial charge in [-0.15, -0.1) is 11.3 Å². The zero-order chi connectivity index (χ0) is 17.4. The van der Waals surface area contributed by atoms with Gasteiger partial charge in [-0.2, -0.15) is 0 Å². The smallest absolute Gasteiger partial charge is 0.262 e. The lowest BCUT2D eigenvalue weighted by molar-refractivity contribution is -0.118. The fraction of sp³-hybridized carbons (Fsp3) is 0.611. The van der Waals surface area contributed by atoms with Crippen LogP contribution in [-0.2, 0) is 24.2 Å². The summed E-state index contributed by atoms with van der Waals surface area (Å²) < 4.78 is 1.76. The Labute approximate surface area is 145 Å². The number of fused-ring (bicyclic) bond motifs is 3. The number of thiophene rings is 1. The fourth-order valence-electron chi connectivity index (χ4n) is 3.51. The van der Waals surface area contributed by atoms with E-state index in [4.69, 9.17) is 10.7 Å². The predicted molar refractivity (Wildman–Crippen MR) is 97.6 cm³/mol. The molecule has 0 aromatic carbocycles. The van der Waals surface area contributed by atoms with Crippen LogP contribution >= 0.6 is 11.3 Å². The lowest BCUT2D eigenvalue weighted by atomic mass is 9.89. The van der Waals surface area contributed by atoms with Crippen LogP contribution in [0.2, 0.25) is 0 Å². The molecule has 3 rings (SSSR count). The predicted octanol–water partition coefficient (Wildman–Crippen LogP) is 2.97. The number of amides is 1. The Hall–Kier alpha value is -1.69. The number of aromatic nitrogens is 2. The summed E-state index contributed by atoms with van der Waals surface area (Å²) >= 11 is 1.69. The molecule has 24 heavy (non-hydrogen) atoms. The third-order valence-corrected chi connectivity index (χ3v) is 5.91. The summed E-state index contributed by atoms with van der Waals surface area (Å²) in [6.45, 7) is 6.86. The van der Waals surface area contributed by atoms with Gasteiger partial charge in [0.1, 0.15) is 10.7 Å². The van der Waals surface area contributed by atoms with Crippen LogP contribution in [0, 0.1) is 5.92 Å². The molecular weight excluding hydrogens is 322 g/mol. The molecule has 0 bridgehead atoms. The average Bonchev–Trinajstić information content (AvgIpc) is 2.86. The number of carbonyl (C=O) groups excluding carboxylic acids is 1. The Balaban J connectivity index is 2.11. The van der Waals surface area contributed by atoms with Crippen molar-refractivity contribution in [3.05, 3.63) is 26.6 Å². The van der Waals surface area contributed by atoms with Gasteiger partial charge in [-0.1, -0.05) is 20.8 Å². The molecule has 130 valence electrons. The molecule has 1 amide bonds. The molecule has 0 fully saturated rings. The van der Waals surface area contributed by atoms with Crippen molar-refractivity contribution >= 4 is 27.5 Å². The number of hydrogen-bond donors (Lipinski definition) is 1. The van der Waals surface area contributed by atoms with Gasteiger partial charge in [0.25, 0.3) is 5.56 Å². The van der Waals surface area contributed by atoms with Crippen molar-refractivity contribution in [1.29, 1.82) is 0 Å². The summed E-state index contributed by atoms with van der Waals surface area (Å²) in [5, 5.41) is 0.811. The van der Waals surface area contributed by atoms with Gasteiger partial charge < -0.3 is 5.73 Å². The largest absolute Gasteiger partial charge is 0.370 e. The third kappa shape index (κ3) is 3.11. The van der Waals surface area contributed by atoms with Crippen molar-refractivity contribution in [3.63, 3.8) is 0 Å². The molecule has 1 atom stereocenters. The van der Waals surface area contributed by atoms with Gasteiger partial charge in [-0.25, -0.2) is 4.98 Å². The van der Waals surface area contributed by atoms with E-state index in [1.54, 1.807) is 15.9 Å². The molecule has 0 saturated carbocycles. The molecule has 6 heteroatoms. The minimum absolute atomic E-state index is 0.0558. The summed E-state index contributed by atoms with van der Waals surface area (Å²) in [6, 6.07) is 0. The third-order valence-electron chi connectivity index (χ3n) is 4.77. The van der Waals surface area contributed by atoms with Gasteiger partial charge >= 0.3 is 0 Å². The van der Waals surface area contributed by atoms with Gasteiger partial charge in [0.2, 0.25) is 5.91 Å². The SMILES string of the molecule is CC1CCc2c(sc3nc(C(C)C)n(CCCC(N)=O)c(=O)c23)C1. The van der Waals surface area contributed by atoms with E-state index in [1.165, 1.54) is 10.4 Å². The van der Waals surface area contributed by atoms with Crippen molar-refractivity contribution in [3.8, 4) is 0 Å². The van der Waals surface area contributed by atoms with Crippen LogP contribution in [-0.4, -0.2) is 15.5 Å². The lowest BCUT2D eigenvalue weighted by Crippen LogP contribution is -2.27. The Morgan fingerprint density at radius 2 is 2.21 bits per heavy atom. The quantitative estimate of drug-likeness (QED) is 0.903. The molecule has 2 aromatic rings. The van der Waals surface area contributed by atoms with Crippen molar-refractivity contribution in [2.45, 2.75) is 65.3 Å². The van der Waals surface area contributed by atoms with E-state index in [9.17, 15) is 9.59 Å². The number of carbonyl (C=O) groups is 1. The Morgan fingerprint density at radius 1 is 1.46 bits per heavy atom. The second-order valence-electron chi connectivity index (χ2n) is 7.18.